The van der Waals surface area contributed by atoms with E-state index in [1.807, 2.05) is 53.7 Å². The summed E-state index contributed by atoms with van der Waals surface area (Å²) in [5.74, 6) is 0.321. The van der Waals surface area contributed by atoms with Crippen LogP contribution in [0.4, 0.5) is 0 Å². The van der Waals surface area contributed by atoms with E-state index in [-0.39, 0.29) is 23.1 Å². The lowest BCUT2D eigenvalue weighted by Crippen LogP contribution is -2.53. The molecule has 0 aromatic heterocycles. The molecule has 0 N–H and O–H groups in total. The molecule has 3 heterocycles. The van der Waals surface area contributed by atoms with Gasteiger partial charge >= 0.3 is 0 Å². The highest BCUT2D eigenvalue weighted by molar-refractivity contribution is 5.94. The van der Waals surface area contributed by atoms with Gasteiger partial charge in [-0.3, -0.25) is 14.4 Å². The predicted octanol–water partition coefficient (Wildman–Crippen LogP) is 2.63. The molecule has 0 radical (unpaired) electrons. The molecular weight excluding hydrogens is 378 g/mol. The minimum absolute atomic E-state index is 0.0441. The lowest BCUT2D eigenvalue weighted by molar-refractivity contribution is -0.141. The van der Waals surface area contributed by atoms with Crippen LogP contribution < -0.4 is 0 Å². The van der Waals surface area contributed by atoms with E-state index in [1.165, 1.54) is 5.56 Å². The van der Waals surface area contributed by atoms with Gasteiger partial charge in [-0.1, -0.05) is 6.07 Å². The standard InChI is InChI=1S/C24H33N3O3/c1-5-25-13-10-24(22(25)30)16-27(19(4)28)15-23(24)8-11-26(12-9-23)21(29)20-7-6-17(2)18(3)14-20/h6-7,14H,5,8-13,15-16H2,1-4H3/t24-/m1/s1. The van der Waals surface area contributed by atoms with Gasteiger partial charge in [0.1, 0.15) is 0 Å². The van der Waals surface area contributed by atoms with Gasteiger partial charge in [0.2, 0.25) is 11.8 Å². The molecule has 0 saturated carbocycles. The van der Waals surface area contributed by atoms with Gasteiger partial charge in [-0.2, -0.15) is 0 Å². The molecule has 3 saturated heterocycles. The second-order valence-corrected chi connectivity index (χ2v) is 9.46. The Morgan fingerprint density at radius 2 is 1.67 bits per heavy atom. The molecule has 6 heteroatoms. The van der Waals surface area contributed by atoms with Crippen LogP contribution in [0.15, 0.2) is 18.2 Å². The van der Waals surface area contributed by atoms with Crippen LogP contribution >= 0.6 is 0 Å². The van der Waals surface area contributed by atoms with Crippen LogP contribution in [0.1, 0.15) is 54.6 Å². The molecule has 0 bridgehead atoms. The Balaban J connectivity index is 1.56. The van der Waals surface area contributed by atoms with Crippen LogP contribution in [-0.2, 0) is 9.59 Å². The van der Waals surface area contributed by atoms with Crippen molar-refractivity contribution in [2.45, 2.75) is 47.0 Å². The fourth-order valence-corrected chi connectivity index (χ4v) is 5.90. The molecule has 3 aliphatic heterocycles. The lowest BCUT2D eigenvalue weighted by atomic mass is 9.60. The predicted molar refractivity (Wildman–Crippen MR) is 115 cm³/mol. The van der Waals surface area contributed by atoms with Gasteiger partial charge in [0.05, 0.1) is 5.41 Å². The quantitative estimate of drug-likeness (QED) is 0.752. The number of likely N-dealkylation sites (tertiary alicyclic amines) is 3. The van der Waals surface area contributed by atoms with E-state index in [4.69, 9.17) is 0 Å². The average Bonchev–Trinajstić information content (AvgIpc) is 3.23. The van der Waals surface area contributed by atoms with Crippen molar-refractivity contribution in [3.63, 3.8) is 0 Å². The molecular formula is C24H33N3O3. The van der Waals surface area contributed by atoms with Crippen molar-refractivity contribution >= 4 is 17.7 Å². The Bertz CT molecular complexity index is 888. The number of hydrogen-bond donors (Lipinski definition) is 0. The smallest absolute Gasteiger partial charge is 0.253 e. The Morgan fingerprint density at radius 1 is 0.967 bits per heavy atom. The Labute approximate surface area is 179 Å². The van der Waals surface area contributed by atoms with Crippen molar-refractivity contribution in [3.8, 4) is 0 Å². The number of carbonyl (C=O) groups is 3. The van der Waals surface area contributed by atoms with E-state index in [0.717, 1.165) is 36.9 Å². The van der Waals surface area contributed by atoms with Gasteiger partial charge in [-0.25, -0.2) is 0 Å². The number of carbonyl (C=O) groups excluding carboxylic acids is 3. The second kappa shape index (κ2) is 7.40. The van der Waals surface area contributed by atoms with Crippen molar-refractivity contribution in [2.75, 3.05) is 39.3 Å². The Kier molecular flexibility index (Phi) is 5.15. The maximum atomic E-state index is 13.4. The molecule has 6 nitrogen and oxygen atoms in total. The average molecular weight is 412 g/mol. The zero-order chi connectivity index (χ0) is 21.7. The second-order valence-electron chi connectivity index (χ2n) is 9.46. The number of fused-ring (bicyclic) bond motifs is 1. The van der Waals surface area contributed by atoms with Gasteiger partial charge in [-0.15, -0.1) is 0 Å². The maximum absolute atomic E-state index is 13.4. The van der Waals surface area contributed by atoms with Crippen molar-refractivity contribution in [2.24, 2.45) is 10.8 Å². The third-order valence-electron chi connectivity index (χ3n) is 8.06. The van der Waals surface area contributed by atoms with Crippen LogP contribution in [0.25, 0.3) is 0 Å². The highest BCUT2D eigenvalue weighted by Gasteiger charge is 2.65. The van der Waals surface area contributed by atoms with Gasteiger partial charge in [0.25, 0.3) is 5.91 Å². The molecule has 3 amide bonds. The molecule has 162 valence electrons. The molecule has 0 aliphatic carbocycles. The molecule has 30 heavy (non-hydrogen) atoms. The van der Waals surface area contributed by atoms with Gasteiger partial charge < -0.3 is 14.7 Å². The highest BCUT2D eigenvalue weighted by Crippen LogP contribution is 2.57. The van der Waals surface area contributed by atoms with E-state index < -0.39 is 5.41 Å². The first kappa shape index (κ1) is 20.9. The van der Waals surface area contributed by atoms with Crippen molar-refractivity contribution in [1.29, 1.82) is 0 Å². The number of piperidine rings is 1. The number of rotatable bonds is 2. The maximum Gasteiger partial charge on any atom is 0.253 e. The van der Waals surface area contributed by atoms with E-state index >= 15 is 0 Å². The highest BCUT2D eigenvalue weighted by atomic mass is 16.2. The first-order valence-electron chi connectivity index (χ1n) is 11.1. The molecule has 3 aliphatic rings. The summed E-state index contributed by atoms with van der Waals surface area (Å²) >= 11 is 0. The van der Waals surface area contributed by atoms with Gasteiger partial charge in [0.15, 0.2) is 0 Å². The number of amides is 3. The number of hydrogen-bond acceptors (Lipinski definition) is 3. The summed E-state index contributed by atoms with van der Waals surface area (Å²) in [5.41, 5.74) is 2.33. The summed E-state index contributed by atoms with van der Waals surface area (Å²) in [6.45, 7) is 11.6. The molecule has 1 aromatic carbocycles. The summed E-state index contributed by atoms with van der Waals surface area (Å²) in [4.78, 5) is 44.5. The summed E-state index contributed by atoms with van der Waals surface area (Å²) in [6.07, 6.45) is 2.36. The zero-order valence-electron chi connectivity index (χ0n) is 18.7. The fraction of sp³-hybridized carbons (Fsp3) is 0.625. The van der Waals surface area contributed by atoms with Gasteiger partial charge in [0, 0.05) is 57.2 Å². The largest absolute Gasteiger partial charge is 0.342 e. The number of nitrogens with zero attached hydrogens (tertiary/aromatic N) is 3. The molecule has 1 aromatic rings. The normalized spacial score (nSPS) is 25.6. The summed E-state index contributed by atoms with van der Waals surface area (Å²) in [6, 6.07) is 5.88. The summed E-state index contributed by atoms with van der Waals surface area (Å²) in [5, 5.41) is 0. The Hall–Kier alpha value is -2.37. The van der Waals surface area contributed by atoms with E-state index in [9.17, 15) is 14.4 Å². The number of aryl methyl sites for hydroxylation is 2. The minimum Gasteiger partial charge on any atom is -0.342 e. The number of benzene rings is 1. The molecule has 4 rings (SSSR count). The molecule has 2 spiro atoms. The van der Waals surface area contributed by atoms with Crippen LogP contribution in [0, 0.1) is 24.7 Å². The third kappa shape index (κ3) is 3.03. The van der Waals surface area contributed by atoms with E-state index in [2.05, 4.69) is 0 Å². The monoisotopic (exact) mass is 411 g/mol. The van der Waals surface area contributed by atoms with Crippen molar-refractivity contribution in [1.82, 2.24) is 14.7 Å². The molecule has 1 atom stereocenters. The minimum atomic E-state index is -0.482. The molecule has 3 fully saturated rings. The van der Waals surface area contributed by atoms with Crippen molar-refractivity contribution in [3.05, 3.63) is 34.9 Å². The topological polar surface area (TPSA) is 60.9 Å². The van der Waals surface area contributed by atoms with Crippen molar-refractivity contribution < 1.29 is 14.4 Å². The Morgan fingerprint density at radius 3 is 2.23 bits per heavy atom. The first-order chi connectivity index (χ1) is 14.2. The summed E-state index contributed by atoms with van der Waals surface area (Å²) < 4.78 is 0. The molecule has 0 unspecified atom stereocenters. The zero-order valence-corrected chi connectivity index (χ0v) is 18.7. The van der Waals surface area contributed by atoms with Crippen LogP contribution in [0.5, 0.6) is 0 Å². The lowest BCUT2D eigenvalue weighted by Gasteiger charge is -2.46. The van der Waals surface area contributed by atoms with Gasteiger partial charge in [-0.05, 0) is 63.3 Å². The summed E-state index contributed by atoms with van der Waals surface area (Å²) in [7, 11) is 0. The van der Waals surface area contributed by atoms with E-state index in [1.54, 1.807) is 6.92 Å². The van der Waals surface area contributed by atoms with Crippen LogP contribution in [0.2, 0.25) is 0 Å². The van der Waals surface area contributed by atoms with E-state index in [0.29, 0.717) is 32.7 Å². The first-order valence-corrected chi connectivity index (χ1v) is 11.1. The third-order valence-corrected chi connectivity index (χ3v) is 8.06. The SMILES string of the molecule is CCN1CC[C@@]2(CN(C(C)=O)CC23CCN(C(=O)c2ccc(C)c(C)c2)CC3)C1=O. The van der Waals surface area contributed by atoms with Crippen LogP contribution in [-0.4, -0.2) is 71.7 Å². The van der Waals surface area contributed by atoms with Crippen LogP contribution in [0.3, 0.4) is 0 Å². The fourth-order valence-electron chi connectivity index (χ4n) is 5.90.